The van der Waals surface area contributed by atoms with Crippen molar-refractivity contribution in [3.8, 4) is 0 Å². The lowest BCUT2D eigenvalue weighted by Gasteiger charge is -2.15. The van der Waals surface area contributed by atoms with Crippen LogP contribution in [0.1, 0.15) is 18.4 Å². The molecule has 0 aliphatic heterocycles. The van der Waals surface area contributed by atoms with Gasteiger partial charge in [-0.15, -0.1) is 0 Å². The molecule has 0 saturated heterocycles. The van der Waals surface area contributed by atoms with Gasteiger partial charge in [-0.05, 0) is 18.4 Å². The lowest BCUT2D eigenvalue weighted by atomic mass is 10.1. The fourth-order valence-electron chi connectivity index (χ4n) is 1.81. The Kier molecular flexibility index (Phi) is 4.84. The molecule has 0 unspecified atom stereocenters. The number of ether oxygens (including phenoxy) is 1. The Morgan fingerprint density at radius 2 is 1.95 bits per heavy atom. The molecule has 2 rings (SSSR count). The summed E-state index contributed by atoms with van der Waals surface area (Å²) in [6, 6.07) is 9.38. The van der Waals surface area contributed by atoms with E-state index in [0.29, 0.717) is 6.54 Å². The van der Waals surface area contributed by atoms with Crippen LogP contribution in [-0.4, -0.2) is 33.9 Å². The average Bonchev–Trinajstić information content (AvgIpc) is 3.22. The summed E-state index contributed by atoms with van der Waals surface area (Å²) in [5.74, 6) is 0. The second kappa shape index (κ2) is 6.44. The van der Waals surface area contributed by atoms with Crippen LogP contribution in [0.25, 0.3) is 0 Å². The number of alkyl carbamates (subject to hydrolysis) is 1. The highest BCUT2D eigenvalue weighted by Crippen LogP contribution is 2.45. The monoisotopic (exact) mass is 313 g/mol. The normalized spacial score (nSPS) is 16.2. The second-order valence-electron chi connectivity index (χ2n) is 5.38. The maximum atomic E-state index is 11.6. The van der Waals surface area contributed by atoms with Gasteiger partial charge in [0.1, 0.15) is 6.61 Å². The minimum Gasteiger partial charge on any atom is -0.445 e. The van der Waals surface area contributed by atoms with Crippen LogP contribution in [0.15, 0.2) is 30.3 Å². The number of rotatable bonds is 7. The first-order valence-corrected chi connectivity index (χ1v) is 8.49. The molecular weight excluding hydrogens is 294 g/mol. The van der Waals surface area contributed by atoms with E-state index in [1.165, 1.54) is 0 Å². The van der Waals surface area contributed by atoms with E-state index in [0.717, 1.165) is 24.7 Å². The summed E-state index contributed by atoms with van der Waals surface area (Å²) < 4.78 is 31.8. The van der Waals surface area contributed by atoms with Crippen molar-refractivity contribution in [3.05, 3.63) is 35.9 Å². The summed E-state index contributed by atoms with van der Waals surface area (Å²) in [6.07, 6.45) is 2.18. The Labute approximate surface area is 124 Å². The summed E-state index contributed by atoms with van der Waals surface area (Å²) in [5, 5.41) is 2.66. The zero-order valence-corrected chi connectivity index (χ0v) is 12.7. The van der Waals surface area contributed by atoms with Gasteiger partial charge in [0.25, 0.3) is 10.1 Å². The van der Waals surface area contributed by atoms with Gasteiger partial charge < -0.3 is 10.1 Å². The summed E-state index contributed by atoms with van der Waals surface area (Å²) >= 11 is 0. The zero-order chi connectivity index (χ0) is 15.3. The molecular formula is C14H19NO5S. The molecule has 7 heteroatoms. The quantitative estimate of drug-likeness (QED) is 0.774. The van der Waals surface area contributed by atoms with Gasteiger partial charge in [-0.2, -0.15) is 8.42 Å². The van der Waals surface area contributed by atoms with E-state index >= 15 is 0 Å². The molecule has 1 aromatic carbocycles. The van der Waals surface area contributed by atoms with Gasteiger partial charge in [0.2, 0.25) is 0 Å². The molecule has 0 bridgehead atoms. The molecule has 0 spiro atoms. The third-order valence-corrected chi connectivity index (χ3v) is 3.90. The van der Waals surface area contributed by atoms with E-state index in [1.807, 2.05) is 30.3 Å². The molecule has 0 aromatic heterocycles. The van der Waals surface area contributed by atoms with Crippen molar-refractivity contribution in [2.45, 2.75) is 19.4 Å². The topological polar surface area (TPSA) is 81.7 Å². The molecule has 21 heavy (non-hydrogen) atoms. The smallest absolute Gasteiger partial charge is 0.407 e. The molecule has 6 nitrogen and oxygen atoms in total. The average molecular weight is 313 g/mol. The SMILES string of the molecule is CS(=O)(=O)OCC1(CNC(=O)OCc2ccccc2)CC1. The van der Waals surface area contributed by atoms with Crippen LogP contribution in [0.3, 0.4) is 0 Å². The summed E-state index contributed by atoms with van der Waals surface area (Å²) in [4.78, 5) is 11.6. The number of hydrogen-bond acceptors (Lipinski definition) is 5. The van der Waals surface area contributed by atoms with Gasteiger partial charge in [0, 0.05) is 12.0 Å². The van der Waals surface area contributed by atoms with Gasteiger partial charge in [0.05, 0.1) is 12.9 Å². The lowest BCUT2D eigenvalue weighted by molar-refractivity contribution is 0.135. The Hall–Kier alpha value is -1.60. The van der Waals surface area contributed by atoms with Crippen molar-refractivity contribution >= 4 is 16.2 Å². The van der Waals surface area contributed by atoms with E-state index in [4.69, 9.17) is 8.92 Å². The fourth-order valence-corrected chi connectivity index (χ4v) is 2.28. The molecule has 0 atom stereocenters. The van der Waals surface area contributed by atoms with E-state index in [-0.39, 0.29) is 18.6 Å². The van der Waals surface area contributed by atoms with E-state index in [9.17, 15) is 13.2 Å². The first-order valence-electron chi connectivity index (χ1n) is 6.68. The number of carbonyl (C=O) groups is 1. The number of benzene rings is 1. The van der Waals surface area contributed by atoms with Gasteiger partial charge >= 0.3 is 6.09 Å². The molecule has 1 aliphatic carbocycles. The third kappa shape index (κ3) is 5.73. The Bertz CT molecular complexity index is 581. The van der Waals surface area contributed by atoms with Crippen molar-refractivity contribution < 1.29 is 22.1 Å². The summed E-state index contributed by atoms with van der Waals surface area (Å²) in [6.45, 7) is 0.667. The van der Waals surface area contributed by atoms with Crippen LogP contribution in [0, 0.1) is 5.41 Å². The minimum absolute atomic E-state index is 0.102. The van der Waals surface area contributed by atoms with Crippen LogP contribution in [0.4, 0.5) is 4.79 Å². The molecule has 1 aliphatic rings. The Morgan fingerprint density at radius 1 is 1.29 bits per heavy atom. The molecule has 0 heterocycles. The predicted molar refractivity (Wildman–Crippen MR) is 77.1 cm³/mol. The predicted octanol–water partition coefficient (Wildman–Crippen LogP) is 1.67. The van der Waals surface area contributed by atoms with Crippen molar-refractivity contribution in [1.82, 2.24) is 5.32 Å². The van der Waals surface area contributed by atoms with Crippen LogP contribution in [0.2, 0.25) is 0 Å². The summed E-state index contributed by atoms with van der Waals surface area (Å²) in [5.41, 5.74) is 0.642. The molecule has 0 radical (unpaired) electrons. The highest BCUT2D eigenvalue weighted by Gasteiger charge is 2.44. The Balaban J connectivity index is 1.69. The molecule has 116 valence electrons. The van der Waals surface area contributed by atoms with Crippen molar-refractivity contribution in [2.75, 3.05) is 19.4 Å². The minimum atomic E-state index is -3.45. The maximum Gasteiger partial charge on any atom is 0.407 e. The van der Waals surface area contributed by atoms with Crippen LogP contribution < -0.4 is 5.32 Å². The second-order valence-corrected chi connectivity index (χ2v) is 7.03. The van der Waals surface area contributed by atoms with Gasteiger partial charge in [0.15, 0.2) is 0 Å². The van der Waals surface area contributed by atoms with Crippen molar-refractivity contribution in [2.24, 2.45) is 5.41 Å². The number of nitrogens with one attached hydrogen (secondary N) is 1. The van der Waals surface area contributed by atoms with E-state index in [1.54, 1.807) is 0 Å². The third-order valence-electron chi connectivity index (χ3n) is 3.36. The van der Waals surface area contributed by atoms with Crippen LogP contribution in [0.5, 0.6) is 0 Å². The van der Waals surface area contributed by atoms with E-state index < -0.39 is 16.2 Å². The van der Waals surface area contributed by atoms with Crippen molar-refractivity contribution in [1.29, 1.82) is 0 Å². The highest BCUT2D eigenvalue weighted by molar-refractivity contribution is 7.85. The zero-order valence-electron chi connectivity index (χ0n) is 11.9. The fraction of sp³-hybridized carbons (Fsp3) is 0.500. The number of amides is 1. The lowest BCUT2D eigenvalue weighted by Crippen LogP contribution is -2.33. The number of carbonyl (C=O) groups excluding carboxylic acids is 1. The van der Waals surface area contributed by atoms with Gasteiger partial charge in [-0.1, -0.05) is 30.3 Å². The highest BCUT2D eigenvalue weighted by atomic mass is 32.2. The van der Waals surface area contributed by atoms with Crippen molar-refractivity contribution in [3.63, 3.8) is 0 Å². The molecule has 1 fully saturated rings. The molecule has 1 N–H and O–H groups in total. The van der Waals surface area contributed by atoms with Gasteiger partial charge in [-0.3, -0.25) is 4.18 Å². The molecule has 1 saturated carbocycles. The first-order chi connectivity index (χ1) is 9.89. The van der Waals surface area contributed by atoms with Gasteiger partial charge in [-0.25, -0.2) is 4.79 Å². The maximum absolute atomic E-state index is 11.6. The van der Waals surface area contributed by atoms with Crippen LogP contribution >= 0.6 is 0 Å². The Morgan fingerprint density at radius 3 is 2.52 bits per heavy atom. The number of hydrogen-bond donors (Lipinski definition) is 1. The first kappa shape index (κ1) is 15.8. The van der Waals surface area contributed by atoms with E-state index in [2.05, 4.69) is 5.32 Å². The largest absolute Gasteiger partial charge is 0.445 e. The molecule has 1 aromatic rings. The van der Waals surface area contributed by atoms with Crippen LogP contribution in [-0.2, 0) is 25.6 Å². The summed E-state index contributed by atoms with van der Waals surface area (Å²) in [7, 11) is -3.45. The molecule has 1 amide bonds. The standard InChI is InChI=1S/C14H19NO5S/c1-21(17,18)20-11-14(7-8-14)10-15-13(16)19-9-12-5-3-2-4-6-12/h2-6H,7-11H2,1H3,(H,15,16).